The number of rotatable bonds is 2. The van der Waals surface area contributed by atoms with E-state index in [1.807, 2.05) is 0 Å². The van der Waals surface area contributed by atoms with Gasteiger partial charge >= 0.3 is 0 Å². The monoisotopic (exact) mass is 458 g/mol. The lowest BCUT2D eigenvalue weighted by Gasteiger charge is -2.52. The van der Waals surface area contributed by atoms with E-state index in [0.29, 0.717) is 58.7 Å². The third-order valence-corrected chi connectivity index (χ3v) is 11.2. The zero-order valence-corrected chi connectivity index (χ0v) is 23.4. The van der Waals surface area contributed by atoms with E-state index in [2.05, 4.69) is 88.3 Å². The van der Waals surface area contributed by atoms with Crippen molar-refractivity contribution in [3.63, 3.8) is 0 Å². The fourth-order valence-electron chi connectivity index (χ4n) is 9.07. The van der Waals surface area contributed by atoms with Gasteiger partial charge in [0.2, 0.25) is 0 Å². The standard InChI is InChI=1S/C22H28.C12H22/c1-9-10(2)18-15(7)16(8)20-12(4)11(3)19-14(6)13(5)17(9)21(18)22(19)20;1-6-10(9(2)3)11-7-8-12(11,4)5/h14-22H,1-5H2,6-8H3;9H,6-8H2,1-5H3/b;11-10+. The van der Waals surface area contributed by atoms with Crippen molar-refractivity contribution in [3.05, 3.63) is 71.9 Å². The largest absolute Gasteiger partial charge is 0.0989 e. The first-order chi connectivity index (χ1) is 15.8. The van der Waals surface area contributed by atoms with Gasteiger partial charge in [-0.1, -0.05) is 105 Å². The summed E-state index contributed by atoms with van der Waals surface area (Å²) in [5.74, 6) is 6.04. The Labute approximate surface area is 211 Å². The Hall–Kier alpha value is -1.56. The molecule has 5 aliphatic rings. The molecule has 0 saturated heterocycles. The van der Waals surface area contributed by atoms with Gasteiger partial charge in [-0.15, -0.1) is 0 Å². The first-order valence-corrected chi connectivity index (χ1v) is 13.9. The maximum absolute atomic E-state index is 4.50. The van der Waals surface area contributed by atoms with Crippen LogP contribution in [0.2, 0.25) is 0 Å². The van der Waals surface area contributed by atoms with Crippen LogP contribution in [0.5, 0.6) is 0 Å². The van der Waals surface area contributed by atoms with E-state index in [4.69, 9.17) is 0 Å². The molecule has 0 bridgehead atoms. The van der Waals surface area contributed by atoms with Gasteiger partial charge in [-0.2, -0.15) is 0 Å². The number of allylic oxidation sites excluding steroid dienone is 7. The van der Waals surface area contributed by atoms with Crippen molar-refractivity contribution in [1.29, 1.82) is 0 Å². The Morgan fingerprint density at radius 2 is 1.32 bits per heavy atom. The maximum Gasteiger partial charge on any atom is 0.00824 e. The molecule has 0 aliphatic heterocycles. The Balaban J connectivity index is 0.000000195. The predicted octanol–water partition coefficient (Wildman–Crippen LogP) is 9.60. The summed E-state index contributed by atoms with van der Waals surface area (Å²) in [6.45, 7) is 41.1. The van der Waals surface area contributed by atoms with Gasteiger partial charge < -0.3 is 0 Å². The first-order valence-electron chi connectivity index (χ1n) is 13.9. The molecule has 186 valence electrons. The van der Waals surface area contributed by atoms with Gasteiger partial charge in [0, 0.05) is 5.92 Å². The van der Waals surface area contributed by atoms with E-state index in [-0.39, 0.29) is 0 Å². The van der Waals surface area contributed by atoms with E-state index in [9.17, 15) is 0 Å². The molecular formula is C34H50. The molecule has 0 radical (unpaired) electrons. The number of hydrogen-bond donors (Lipinski definition) is 0. The van der Waals surface area contributed by atoms with E-state index in [1.165, 1.54) is 47.1 Å². The van der Waals surface area contributed by atoms with E-state index in [0.717, 1.165) is 5.92 Å². The summed E-state index contributed by atoms with van der Waals surface area (Å²) in [6, 6.07) is 0. The molecular weight excluding hydrogens is 408 g/mol. The quantitative estimate of drug-likeness (QED) is 0.361. The highest BCUT2D eigenvalue weighted by Crippen LogP contribution is 2.71. The first kappa shape index (κ1) is 25.5. The zero-order valence-electron chi connectivity index (χ0n) is 23.4. The van der Waals surface area contributed by atoms with Gasteiger partial charge in [-0.05, 0) is 100 Å². The molecule has 0 heterocycles. The predicted molar refractivity (Wildman–Crippen MR) is 149 cm³/mol. The molecule has 34 heavy (non-hydrogen) atoms. The second kappa shape index (κ2) is 8.53. The summed E-state index contributed by atoms with van der Waals surface area (Å²) in [6.07, 6.45) is 3.99. The van der Waals surface area contributed by atoms with Crippen LogP contribution >= 0.6 is 0 Å². The summed E-state index contributed by atoms with van der Waals surface area (Å²) < 4.78 is 0. The van der Waals surface area contributed by atoms with Crippen LogP contribution in [0.25, 0.3) is 0 Å². The fourth-order valence-corrected chi connectivity index (χ4v) is 9.07. The molecule has 5 aliphatic carbocycles. The number of hydrogen-bond acceptors (Lipinski definition) is 0. The SMILES string of the molecule is C=C1C(=C)C2C(C)C(C)C3C(=C)C(=C)C4C(C)C(=C)C1C2C43.CC/C(=C1/CCC1(C)C)C(C)C. The molecule has 0 aromatic carbocycles. The van der Waals surface area contributed by atoms with Crippen molar-refractivity contribution in [2.45, 2.75) is 74.7 Å². The Morgan fingerprint density at radius 1 is 0.824 bits per heavy atom. The van der Waals surface area contributed by atoms with E-state index in [1.54, 1.807) is 11.1 Å². The molecule has 0 spiro atoms. The van der Waals surface area contributed by atoms with Crippen LogP contribution in [-0.4, -0.2) is 0 Å². The molecule has 0 nitrogen and oxygen atoms in total. The van der Waals surface area contributed by atoms with E-state index >= 15 is 0 Å². The third-order valence-electron chi connectivity index (χ3n) is 11.2. The minimum absolute atomic E-state index is 0.449. The van der Waals surface area contributed by atoms with Gasteiger partial charge in [0.1, 0.15) is 0 Å². The Bertz CT molecular complexity index is 972. The molecule has 0 N–H and O–H groups in total. The van der Waals surface area contributed by atoms with Gasteiger partial charge in [0.25, 0.3) is 0 Å². The van der Waals surface area contributed by atoms with Crippen LogP contribution in [0.15, 0.2) is 71.9 Å². The molecule has 0 heteroatoms. The Morgan fingerprint density at radius 3 is 1.74 bits per heavy atom. The topological polar surface area (TPSA) is 0 Å². The van der Waals surface area contributed by atoms with Crippen LogP contribution in [0.1, 0.15) is 74.7 Å². The van der Waals surface area contributed by atoms with Crippen LogP contribution in [0, 0.1) is 64.6 Å². The molecule has 0 aromatic heterocycles. The molecule has 5 fully saturated rings. The second-order valence-electron chi connectivity index (χ2n) is 13.3. The maximum atomic E-state index is 4.50. The van der Waals surface area contributed by atoms with Gasteiger partial charge in [-0.25, -0.2) is 0 Å². The van der Waals surface area contributed by atoms with Gasteiger partial charge in [0.05, 0.1) is 0 Å². The minimum Gasteiger partial charge on any atom is -0.0989 e. The normalized spacial score (nSPS) is 43.4. The zero-order chi connectivity index (χ0) is 25.4. The summed E-state index contributed by atoms with van der Waals surface area (Å²) in [5, 5.41) is 0. The van der Waals surface area contributed by atoms with E-state index < -0.39 is 0 Å². The van der Waals surface area contributed by atoms with Gasteiger partial charge in [0.15, 0.2) is 0 Å². The fraction of sp³-hybridized carbons (Fsp3) is 0.647. The smallest absolute Gasteiger partial charge is 0.00824 e. The lowest BCUT2D eigenvalue weighted by molar-refractivity contribution is -0.00464. The highest BCUT2D eigenvalue weighted by molar-refractivity contribution is 5.51. The van der Waals surface area contributed by atoms with Crippen molar-refractivity contribution in [2.24, 2.45) is 64.6 Å². The molecule has 5 rings (SSSR count). The van der Waals surface area contributed by atoms with Crippen molar-refractivity contribution in [2.75, 3.05) is 0 Å². The molecule has 5 saturated carbocycles. The Kier molecular flexibility index (Phi) is 6.41. The van der Waals surface area contributed by atoms with Crippen LogP contribution in [-0.2, 0) is 0 Å². The van der Waals surface area contributed by atoms with Crippen molar-refractivity contribution in [3.8, 4) is 0 Å². The van der Waals surface area contributed by atoms with Crippen LogP contribution < -0.4 is 0 Å². The lowest BCUT2D eigenvalue weighted by atomic mass is 9.51. The van der Waals surface area contributed by atoms with Crippen molar-refractivity contribution < 1.29 is 0 Å². The van der Waals surface area contributed by atoms with Crippen molar-refractivity contribution in [1.82, 2.24) is 0 Å². The molecule has 0 amide bonds. The van der Waals surface area contributed by atoms with Crippen molar-refractivity contribution >= 4 is 0 Å². The average molecular weight is 459 g/mol. The summed E-state index contributed by atoms with van der Waals surface area (Å²) >= 11 is 0. The van der Waals surface area contributed by atoms with Crippen LogP contribution in [0.3, 0.4) is 0 Å². The minimum atomic E-state index is 0.449. The summed E-state index contributed by atoms with van der Waals surface area (Å²) in [7, 11) is 0. The van der Waals surface area contributed by atoms with Crippen LogP contribution in [0.4, 0.5) is 0 Å². The molecule has 9 unspecified atom stereocenters. The summed E-state index contributed by atoms with van der Waals surface area (Å²) in [5.41, 5.74) is 10.6. The molecule has 0 aromatic rings. The highest BCUT2D eigenvalue weighted by atomic mass is 14.7. The third kappa shape index (κ3) is 3.37. The highest BCUT2D eigenvalue weighted by Gasteiger charge is 2.64. The molecule has 9 atom stereocenters. The second-order valence-corrected chi connectivity index (χ2v) is 13.3. The summed E-state index contributed by atoms with van der Waals surface area (Å²) in [4.78, 5) is 0. The van der Waals surface area contributed by atoms with Gasteiger partial charge in [-0.3, -0.25) is 0 Å². The average Bonchev–Trinajstić information content (AvgIpc) is 3.19. The lowest BCUT2D eigenvalue weighted by Crippen LogP contribution is -2.48.